The van der Waals surface area contributed by atoms with Gasteiger partial charge in [0.25, 0.3) is 5.69 Å². The van der Waals surface area contributed by atoms with Crippen LogP contribution in [0.4, 0.5) is 5.69 Å². The summed E-state index contributed by atoms with van der Waals surface area (Å²) < 4.78 is 0. The fraction of sp³-hybridized carbons (Fsp3) is 0. The molecule has 0 amide bonds. The number of oxime groups is 1. The van der Waals surface area contributed by atoms with Crippen molar-refractivity contribution < 1.29 is 10.1 Å². The Hall–Kier alpha value is -2.75. The molecule has 0 unspecified atom stereocenters. The van der Waals surface area contributed by atoms with Crippen molar-refractivity contribution in [2.75, 3.05) is 0 Å². The maximum Gasteiger partial charge on any atom is 0.288 e. The number of pyridine rings is 1. The summed E-state index contributed by atoms with van der Waals surface area (Å²) in [6.45, 7) is 0. The van der Waals surface area contributed by atoms with E-state index in [1.807, 2.05) is 0 Å². The van der Waals surface area contributed by atoms with Crippen molar-refractivity contribution in [3.63, 3.8) is 0 Å². The highest BCUT2D eigenvalue weighted by Gasteiger charge is 2.16. The molecule has 0 aliphatic carbocycles. The molecule has 2 aromatic heterocycles. The van der Waals surface area contributed by atoms with Gasteiger partial charge in [-0.1, -0.05) is 5.16 Å². The van der Waals surface area contributed by atoms with E-state index in [1.54, 1.807) is 12.3 Å². The number of nitrogens with two attached hydrogens (primary N) is 1. The smallest absolute Gasteiger partial charge is 0.288 e. The van der Waals surface area contributed by atoms with E-state index in [0.717, 1.165) is 18.0 Å². The van der Waals surface area contributed by atoms with E-state index < -0.39 is 4.92 Å². The van der Waals surface area contributed by atoms with Crippen LogP contribution in [0.2, 0.25) is 0 Å². The summed E-state index contributed by atoms with van der Waals surface area (Å²) in [4.78, 5) is 21.8. The maximum absolute atomic E-state index is 10.7. The molecule has 0 bridgehead atoms. The zero-order valence-electron chi connectivity index (χ0n) is 9.87. The normalized spacial score (nSPS) is 11.3. The third-order valence-corrected chi connectivity index (χ3v) is 3.16. The molecule has 2 rings (SSSR count). The molecule has 0 spiro atoms. The van der Waals surface area contributed by atoms with Crippen LogP contribution in [-0.2, 0) is 0 Å². The molecule has 0 radical (unpaired) electrons. The van der Waals surface area contributed by atoms with Crippen molar-refractivity contribution in [2.45, 2.75) is 10.1 Å². The minimum absolute atomic E-state index is 0.158. The zero-order chi connectivity index (χ0) is 14.5. The highest BCUT2D eigenvalue weighted by molar-refractivity contribution is 7.99. The minimum atomic E-state index is -0.611. The zero-order valence-corrected chi connectivity index (χ0v) is 10.7. The predicted molar refractivity (Wildman–Crippen MR) is 69.6 cm³/mol. The lowest BCUT2D eigenvalue weighted by atomic mass is 10.2. The molecule has 0 atom stereocenters. The van der Waals surface area contributed by atoms with Crippen molar-refractivity contribution in [1.82, 2.24) is 15.0 Å². The molecule has 2 aromatic rings. The Morgan fingerprint density at radius 2 is 2.30 bits per heavy atom. The molecule has 0 aliphatic rings. The molecule has 10 heteroatoms. The molecule has 2 heterocycles. The highest BCUT2D eigenvalue weighted by Crippen LogP contribution is 2.28. The molecule has 9 nitrogen and oxygen atoms in total. The molecular weight excluding hydrogens is 284 g/mol. The van der Waals surface area contributed by atoms with Gasteiger partial charge in [0, 0.05) is 12.3 Å². The SMILES string of the molecule is NC(=NO)c1cc([N+](=O)[O-])cnc1Sc1ccncn1. The van der Waals surface area contributed by atoms with Gasteiger partial charge in [-0.15, -0.1) is 0 Å². The van der Waals surface area contributed by atoms with Crippen LogP contribution in [0.1, 0.15) is 5.56 Å². The van der Waals surface area contributed by atoms with Gasteiger partial charge < -0.3 is 10.9 Å². The van der Waals surface area contributed by atoms with Gasteiger partial charge in [0.1, 0.15) is 22.6 Å². The van der Waals surface area contributed by atoms with Crippen LogP contribution in [0.3, 0.4) is 0 Å². The van der Waals surface area contributed by atoms with Crippen molar-refractivity contribution in [1.29, 1.82) is 0 Å². The van der Waals surface area contributed by atoms with Crippen molar-refractivity contribution in [2.24, 2.45) is 10.9 Å². The van der Waals surface area contributed by atoms with Gasteiger partial charge in [0.2, 0.25) is 0 Å². The monoisotopic (exact) mass is 292 g/mol. The molecule has 0 saturated carbocycles. The summed E-state index contributed by atoms with van der Waals surface area (Å²) in [5, 5.41) is 23.2. The summed E-state index contributed by atoms with van der Waals surface area (Å²) >= 11 is 1.12. The van der Waals surface area contributed by atoms with Crippen molar-refractivity contribution >= 4 is 23.3 Å². The number of nitro groups is 1. The summed E-state index contributed by atoms with van der Waals surface area (Å²) in [5.41, 5.74) is 5.42. The standard InChI is InChI=1S/C10H8N6O3S/c11-9(15-17)7-3-6(16(18)19)4-13-10(7)20-8-1-2-12-5-14-8/h1-5,17H,(H2,11,15). The van der Waals surface area contributed by atoms with Crippen LogP contribution in [0, 0.1) is 10.1 Å². The van der Waals surface area contributed by atoms with Crippen molar-refractivity contribution in [3.8, 4) is 0 Å². The van der Waals surface area contributed by atoms with E-state index in [-0.39, 0.29) is 17.1 Å². The lowest BCUT2D eigenvalue weighted by molar-refractivity contribution is -0.385. The first-order chi connectivity index (χ1) is 9.61. The molecule has 102 valence electrons. The van der Waals surface area contributed by atoms with Gasteiger partial charge in [-0.3, -0.25) is 10.1 Å². The quantitative estimate of drug-likeness (QED) is 0.212. The van der Waals surface area contributed by atoms with Crippen LogP contribution >= 0.6 is 11.8 Å². The Kier molecular flexibility index (Phi) is 4.05. The van der Waals surface area contributed by atoms with E-state index in [9.17, 15) is 10.1 Å². The minimum Gasteiger partial charge on any atom is -0.409 e. The summed E-state index contributed by atoms with van der Waals surface area (Å²) in [7, 11) is 0. The lowest BCUT2D eigenvalue weighted by Crippen LogP contribution is -2.15. The average molecular weight is 292 g/mol. The van der Waals surface area contributed by atoms with Gasteiger partial charge in [0.05, 0.1) is 10.5 Å². The van der Waals surface area contributed by atoms with Gasteiger partial charge in [-0.2, -0.15) is 0 Å². The van der Waals surface area contributed by atoms with Gasteiger partial charge >= 0.3 is 0 Å². The largest absolute Gasteiger partial charge is 0.409 e. The Balaban J connectivity index is 2.44. The van der Waals surface area contributed by atoms with Crippen LogP contribution in [0.15, 0.2) is 46.1 Å². The Morgan fingerprint density at radius 1 is 1.50 bits per heavy atom. The second-order valence-electron chi connectivity index (χ2n) is 3.44. The first-order valence-electron chi connectivity index (χ1n) is 5.18. The van der Waals surface area contributed by atoms with Crippen molar-refractivity contribution in [3.05, 3.63) is 46.5 Å². The van der Waals surface area contributed by atoms with E-state index in [2.05, 4.69) is 20.1 Å². The Labute approximate surface area is 116 Å². The first-order valence-corrected chi connectivity index (χ1v) is 5.99. The van der Waals surface area contributed by atoms with Gasteiger partial charge in [0.15, 0.2) is 5.84 Å². The summed E-state index contributed by atoms with van der Waals surface area (Å²) in [6.07, 6.45) is 4.00. The van der Waals surface area contributed by atoms with Crippen LogP contribution in [0.25, 0.3) is 0 Å². The third kappa shape index (κ3) is 2.98. The molecule has 20 heavy (non-hydrogen) atoms. The maximum atomic E-state index is 10.7. The number of amidine groups is 1. The predicted octanol–water partition coefficient (Wildman–Crippen LogP) is 1.03. The Bertz CT molecular complexity index is 663. The molecule has 0 aromatic carbocycles. The third-order valence-electron chi connectivity index (χ3n) is 2.19. The summed E-state index contributed by atoms with van der Waals surface area (Å²) in [5.74, 6) is -0.266. The van der Waals surface area contributed by atoms with Crippen LogP contribution in [-0.4, -0.2) is 30.9 Å². The molecule has 0 saturated heterocycles. The Morgan fingerprint density at radius 3 is 2.90 bits per heavy atom. The molecule has 0 aliphatic heterocycles. The summed E-state index contributed by atoms with van der Waals surface area (Å²) in [6, 6.07) is 2.83. The van der Waals surface area contributed by atoms with E-state index in [1.165, 1.54) is 12.4 Å². The van der Waals surface area contributed by atoms with E-state index >= 15 is 0 Å². The fourth-order valence-corrected chi connectivity index (χ4v) is 2.10. The fourth-order valence-electron chi connectivity index (χ4n) is 1.30. The molecule has 3 N–H and O–H groups in total. The van der Waals surface area contributed by atoms with Crippen LogP contribution < -0.4 is 5.73 Å². The number of rotatable bonds is 4. The first kappa shape index (κ1) is 13.7. The van der Waals surface area contributed by atoms with Gasteiger partial charge in [-0.25, -0.2) is 15.0 Å². The second kappa shape index (κ2) is 5.93. The van der Waals surface area contributed by atoms with Gasteiger partial charge in [-0.05, 0) is 17.8 Å². The molecular formula is C10H8N6O3S. The number of nitrogens with zero attached hydrogens (tertiary/aromatic N) is 5. The number of hydrogen-bond donors (Lipinski definition) is 2. The van der Waals surface area contributed by atoms with E-state index in [4.69, 9.17) is 10.9 Å². The molecule has 0 fully saturated rings. The lowest BCUT2D eigenvalue weighted by Gasteiger charge is -2.05. The topological polar surface area (TPSA) is 140 Å². The number of aromatic nitrogens is 3. The van der Waals surface area contributed by atoms with Crippen LogP contribution in [0.5, 0.6) is 0 Å². The van der Waals surface area contributed by atoms with E-state index in [0.29, 0.717) is 10.1 Å². The average Bonchev–Trinajstić information content (AvgIpc) is 2.47. The number of hydrogen-bond acceptors (Lipinski definition) is 8. The highest BCUT2D eigenvalue weighted by atomic mass is 32.2. The second-order valence-corrected chi connectivity index (χ2v) is 4.45.